The van der Waals surface area contributed by atoms with Gasteiger partial charge in [0.1, 0.15) is 5.82 Å². The molecule has 0 aliphatic heterocycles. The number of fused-ring (bicyclic) bond motifs is 1. The fraction of sp³-hybridized carbons (Fsp3) is 0.357. The maximum Gasteiger partial charge on any atom is 0.261 e. The minimum absolute atomic E-state index is 0.00487. The summed E-state index contributed by atoms with van der Waals surface area (Å²) in [6.45, 7) is 4.14. The number of aliphatic hydroxyl groups excluding tert-OH is 1. The van der Waals surface area contributed by atoms with Crippen molar-refractivity contribution in [2.24, 2.45) is 5.41 Å². The number of carbonyl (C=O) groups excluding carboxylic acids is 1. The second kappa shape index (κ2) is 5.27. The molecule has 0 aliphatic carbocycles. The lowest BCUT2D eigenvalue weighted by atomic mass is 9.95. The van der Waals surface area contributed by atoms with Gasteiger partial charge in [0.2, 0.25) is 0 Å². The highest BCUT2D eigenvalue weighted by Gasteiger charge is 2.18. The van der Waals surface area contributed by atoms with E-state index >= 15 is 0 Å². The molecular weight excluding hydrogens is 265 g/mol. The van der Waals surface area contributed by atoms with Gasteiger partial charge < -0.3 is 10.4 Å². The number of nitrogens with one attached hydrogen (secondary N) is 1. The van der Waals surface area contributed by atoms with Gasteiger partial charge in [-0.25, -0.2) is 4.39 Å². The van der Waals surface area contributed by atoms with Crippen molar-refractivity contribution in [1.29, 1.82) is 0 Å². The molecule has 2 N–H and O–H groups in total. The summed E-state index contributed by atoms with van der Waals surface area (Å²) in [7, 11) is 0. The van der Waals surface area contributed by atoms with Crippen LogP contribution in [0.4, 0.5) is 4.39 Å². The summed E-state index contributed by atoms with van der Waals surface area (Å²) in [4.78, 5) is 12.5. The van der Waals surface area contributed by atoms with E-state index in [2.05, 4.69) is 5.32 Å². The maximum absolute atomic E-state index is 13.1. The lowest BCUT2D eigenvalue weighted by Gasteiger charge is -2.21. The number of carbonyl (C=O) groups is 1. The number of halogens is 1. The van der Waals surface area contributed by atoms with Gasteiger partial charge in [-0.3, -0.25) is 4.79 Å². The molecular formula is C14H16FNO2S. The first-order valence-corrected chi connectivity index (χ1v) is 6.81. The van der Waals surface area contributed by atoms with Crippen LogP contribution >= 0.6 is 11.3 Å². The van der Waals surface area contributed by atoms with Crippen LogP contribution in [0.5, 0.6) is 0 Å². The maximum atomic E-state index is 13.1. The molecule has 5 heteroatoms. The Bertz CT molecular complexity index is 607. The monoisotopic (exact) mass is 281 g/mol. The van der Waals surface area contributed by atoms with Crippen LogP contribution in [-0.4, -0.2) is 24.2 Å². The SMILES string of the molecule is CC(C)(CO)CNC(=O)c1cc2ccc(F)cc2s1. The summed E-state index contributed by atoms with van der Waals surface area (Å²) >= 11 is 1.26. The van der Waals surface area contributed by atoms with Gasteiger partial charge in [0.25, 0.3) is 5.91 Å². The van der Waals surface area contributed by atoms with Crippen LogP contribution in [0.25, 0.3) is 10.1 Å². The van der Waals surface area contributed by atoms with Gasteiger partial charge in [-0.2, -0.15) is 0 Å². The van der Waals surface area contributed by atoms with Crippen molar-refractivity contribution in [2.45, 2.75) is 13.8 Å². The molecule has 3 nitrogen and oxygen atoms in total. The average Bonchev–Trinajstić information content (AvgIpc) is 2.79. The lowest BCUT2D eigenvalue weighted by Crippen LogP contribution is -2.35. The lowest BCUT2D eigenvalue weighted by molar-refractivity contribution is 0.0915. The molecule has 1 heterocycles. The van der Waals surface area contributed by atoms with Crippen LogP contribution in [0, 0.1) is 11.2 Å². The Morgan fingerprint density at radius 3 is 2.84 bits per heavy atom. The predicted molar refractivity (Wildman–Crippen MR) is 75.0 cm³/mol. The number of thiophene rings is 1. The van der Waals surface area contributed by atoms with Gasteiger partial charge in [-0.05, 0) is 23.6 Å². The smallest absolute Gasteiger partial charge is 0.261 e. The van der Waals surface area contributed by atoms with Crippen LogP contribution in [0.2, 0.25) is 0 Å². The summed E-state index contributed by atoms with van der Waals surface area (Å²) in [5.74, 6) is -0.495. The van der Waals surface area contributed by atoms with Crippen LogP contribution < -0.4 is 5.32 Å². The highest BCUT2D eigenvalue weighted by Crippen LogP contribution is 2.26. The summed E-state index contributed by atoms with van der Waals surface area (Å²) in [5.41, 5.74) is -0.349. The van der Waals surface area contributed by atoms with Gasteiger partial charge in [-0.15, -0.1) is 11.3 Å². The van der Waals surface area contributed by atoms with Crippen LogP contribution in [0.3, 0.4) is 0 Å². The molecule has 0 fully saturated rings. The fourth-order valence-electron chi connectivity index (χ4n) is 1.58. The van der Waals surface area contributed by atoms with Crippen molar-refractivity contribution < 1.29 is 14.3 Å². The van der Waals surface area contributed by atoms with Crippen LogP contribution in [-0.2, 0) is 0 Å². The van der Waals surface area contributed by atoms with Gasteiger partial charge >= 0.3 is 0 Å². The zero-order chi connectivity index (χ0) is 14.0. The van der Waals surface area contributed by atoms with Crippen molar-refractivity contribution in [3.05, 3.63) is 35.0 Å². The van der Waals surface area contributed by atoms with E-state index in [4.69, 9.17) is 5.11 Å². The molecule has 0 aliphatic rings. The molecule has 0 spiro atoms. The third kappa shape index (κ3) is 3.30. The van der Waals surface area contributed by atoms with E-state index < -0.39 is 0 Å². The summed E-state index contributed by atoms with van der Waals surface area (Å²) in [6, 6.07) is 6.22. The molecule has 2 rings (SSSR count). The molecule has 1 aromatic heterocycles. The number of benzene rings is 1. The van der Waals surface area contributed by atoms with Crippen molar-refractivity contribution in [1.82, 2.24) is 5.32 Å². The standard InChI is InChI=1S/C14H16FNO2S/c1-14(2,8-17)7-16-13(18)12-5-9-3-4-10(15)6-11(9)19-12/h3-6,17H,7-8H2,1-2H3,(H,16,18). The first kappa shape index (κ1) is 14.0. The Balaban J connectivity index is 2.13. The largest absolute Gasteiger partial charge is 0.396 e. The highest BCUT2D eigenvalue weighted by atomic mass is 32.1. The minimum atomic E-state index is -0.349. The third-order valence-corrected chi connectivity index (χ3v) is 3.96. The number of aliphatic hydroxyl groups is 1. The van der Waals surface area contributed by atoms with Gasteiger partial charge in [0.05, 0.1) is 4.88 Å². The second-order valence-corrected chi connectivity index (χ2v) is 6.38. The van der Waals surface area contributed by atoms with E-state index in [1.54, 1.807) is 12.1 Å². The number of amides is 1. The van der Waals surface area contributed by atoms with Gasteiger partial charge in [0.15, 0.2) is 0 Å². The van der Waals surface area contributed by atoms with Crippen molar-refractivity contribution in [2.75, 3.05) is 13.2 Å². The second-order valence-electron chi connectivity index (χ2n) is 5.30. The summed E-state index contributed by atoms with van der Waals surface area (Å²) in [5, 5.41) is 12.8. The molecule has 1 aromatic carbocycles. The van der Waals surface area contributed by atoms with E-state index in [1.807, 2.05) is 13.8 Å². The number of hydrogen-bond acceptors (Lipinski definition) is 3. The molecule has 0 radical (unpaired) electrons. The Kier molecular flexibility index (Phi) is 3.87. The normalized spacial score (nSPS) is 11.8. The predicted octanol–water partition coefficient (Wildman–Crippen LogP) is 2.79. The van der Waals surface area contributed by atoms with Gasteiger partial charge in [0, 0.05) is 23.3 Å². The van der Waals surface area contributed by atoms with E-state index in [0.717, 1.165) is 10.1 Å². The minimum Gasteiger partial charge on any atom is -0.396 e. The Labute approximate surface area is 115 Å². The molecule has 19 heavy (non-hydrogen) atoms. The summed E-state index contributed by atoms with van der Waals surface area (Å²) in [6.07, 6.45) is 0. The van der Waals surface area contributed by atoms with E-state index in [9.17, 15) is 9.18 Å². The molecule has 0 unspecified atom stereocenters. The quantitative estimate of drug-likeness (QED) is 0.905. The average molecular weight is 281 g/mol. The summed E-state index contributed by atoms with van der Waals surface area (Å²) < 4.78 is 13.8. The number of hydrogen-bond donors (Lipinski definition) is 2. The van der Waals surface area contributed by atoms with Gasteiger partial charge in [-0.1, -0.05) is 19.9 Å². The van der Waals surface area contributed by atoms with Crippen LogP contribution in [0.1, 0.15) is 23.5 Å². The first-order valence-electron chi connectivity index (χ1n) is 5.99. The molecule has 0 atom stereocenters. The molecule has 0 saturated heterocycles. The van der Waals surface area contributed by atoms with Crippen LogP contribution in [0.15, 0.2) is 24.3 Å². The molecule has 0 bridgehead atoms. The molecule has 2 aromatic rings. The van der Waals surface area contributed by atoms with Crippen molar-refractivity contribution >= 4 is 27.3 Å². The molecule has 102 valence electrons. The third-order valence-electron chi connectivity index (χ3n) is 2.86. The van der Waals surface area contributed by atoms with E-state index in [1.165, 1.54) is 23.5 Å². The topological polar surface area (TPSA) is 49.3 Å². The Hall–Kier alpha value is -1.46. The van der Waals surface area contributed by atoms with E-state index in [-0.39, 0.29) is 23.7 Å². The molecule has 1 amide bonds. The Morgan fingerprint density at radius 1 is 1.42 bits per heavy atom. The molecule has 0 saturated carbocycles. The zero-order valence-corrected chi connectivity index (χ0v) is 11.7. The highest BCUT2D eigenvalue weighted by molar-refractivity contribution is 7.20. The zero-order valence-electron chi connectivity index (χ0n) is 10.9. The number of rotatable bonds is 4. The van der Waals surface area contributed by atoms with Crippen molar-refractivity contribution in [3.8, 4) is 0 Å². The fourth-order valence-corrected chi connectivity index (χ4v) is 2.58. The van der Waals surface area contributed by atoms with Crippen molar-refractivity contribution in [3.63, 3.8) is 0 Å². The Morgan fingerprint density at radius 2 is 2.16 bits per heavy atom. The van der Waals surface area contributed by atoms with E-state index in [0.29, 0.717) is 11.4 Å². The first-order chi connectivity index (χ1) is 8.91.